The molecule has 6 nitrogen and oxygen atoms in total. The fourth-order valence-electron chi connectivity index (χ4n) is 2.15. The molecule has 2 heterocycles. The van der Waals surface area contributed by atoms with Crippen LogP contribution in [0.5, 0.6) is 5.75 Å². The van der Waals surface area contributed by atoms with Gasteiger partial charge in [0.05, 0.1) is 16.1 Å². The summed E-state index contributed by atoms with van der Waals surface area (Å²) in [7, 11) is 0. The van der Waals surface area contributed by atoms with Crippen molar-refractivity contribution in [1.82, 2.24) is 0 Å². The van der Waals surface area contributed by atoms with Gasteiger partial charge in [-0.3, -0.25) is 20.1 Å². The quantitative estimate of drug-likeness (QED) is 0.574. The van der Waals surface area contributed by atoms with Gasteiger partial charge >= 0.3 is 0 Å². The first-order valence-corrected chi connectivity index (χ1v) is 4.80. The molecule has 0 fully saturated rings. The van der Waals surface area contributed by atoms with E-state index in [9.17, 15) is 15.2 Å². The fraction of sp³-hybridized carbons (Fsp3) is 0.200. The molecule has 0 aromatic heterocycles. The number of nitrogens with zero attached hydrogens (tertiary/aromatic N) is 3. The number of hydrogen-bond donors (Lipinski definition) is 1. The highest BCUT2D eigenvalue weighted by Gasteiger charge is 2.32. The van der Waals surface area contributed by atoms with Gasteiger partial charge < -0.3 is 5.11 Å². The average molecular weight is 217 g/mol. The van der Waals surface area contributed by atoms with E-state index in [0.717, 1.165) is 0 Å². The van der Waals surface area contributed by atoms with Crippen molar-refractivity contribution in [2.75, 3.05) is 0 Å². The molecule has 3 rings (SSSR count). The van der Waals surface area contributed by atoms with Crippen LogP contribution in [0.4, 0.5) is 17.1 Å². The van der Waals surface area contributed by atoms with Gasteiger partial charge in [-0.1, -0.05) is 0 Å². The summed E-state index contributed by atoms with van der Waals surface area (Å²) in [5.74, 6) is -0.0434. The molecule has 0 saturated heterocycles. The van der Waals surface area contributed by atoms with Gasteiger partial charge in [-0.2, -0.15) is 0 Å². The summed E-state index contributed by atoms with van der Waals surface area (Å²) in [5, 5.41) is 20.9. The summed E-state index contributed by atoms with van der Waals surface area (Å²) < 4.78 is 0. The number of fused-ring (bicyclic) bond motifs is 2. The van der Waals surface area contributed by atoms with Crippen molar-refractivity contribution in [3.05, 3.63) is 21.2 Å². The lowest BCUT2D eigenvalue weighted by Crippen LogP contribution is -1.99. The summed E-state index contributed by atoms with van der Waals surface area (Å²) in [4.78, 5) is 18.6. The summed E-state index contributed by atoms with van der Waals surface area (Å²) in [6.07, 6.45) is 3.92. The lowest BCUT2D eigenvalue weighted by atomic mass is 10.0. The third-order valence-electron chi connectivity index (χ3n) is 2.81. The van der Waals surface area contributed by atoms with Gasteiger partial charge in [-0.25, -0.2) is 0 Å². The number of rotatable bonds is 1. The number of hydrogen-bond acceptors (Lipinski definition) is 5. The second-order valence-corrected chi connectivity index (χ2v) is 3.64. The zero-order chi connectivity index (χ0) is 11.3. The Hall–Kier alpha value is -2.24. The lowest BCUT2D eigenvalue weighted by molar-refractivity contribution is -0.386. The summed E-state index contributed by atoms with van der Waals surface area (Å²) in [6, 6.07) is 0. The molecule has 0 unspecified atom stereocenters. The number of aromatic hydroxyl groups is 1. The summed E-state index contributed by atoms with van der Waals surface area (Å²) in [6.45, 7) is 0. The van der Waals surface area contributed by atoms with E-state index in [4.69, 9.17) is 0 Å². The van der Waals surface area contributed by atoms with Crippen LogP contribution in [-0.4, -0.2) is 22.5 Å². The predicted molar refractivity (Wildman–Crippen MR) is 58.5 cm³/mol. The van der Waals surface area contributed by atoms with Crippen LogP contribution in [0.25, 0.3) is 0 Å². The van der Waals surface area contributed by atoms with Crippen molar-refractivity contribution in [2.24, 2.45) is 9.98 Å². The van der Waals surface area contributed by atoms with Crippen molar-refractivity contribution in [3.63, 3.8) is 0 Å². The van der Waals surface area contributed by atoms with E-state index in [0.29, 0.717) is 35.3 Å². The molecule has 0 bridgehead atoms. The molecule has 6 heteroatoms. The van der Waals surface area contributed by atoms with Crippen LogP contribution < -0.4 is 0 Å². The Labute approximate surface area is 90.1 Å². The van der Waals surface area contributed by atoms with Gasteiger partial charge in [-0.15, -0.1) is 0 Å². The molecule has 1 N–H and O–H groups in total. The van der Waals surface area contributed by atoms with Gasteiger partial charge in [0.25, 0.3) is 5.69 Å². The Balaban J connectivity index is 2.41. The average Bonchev–Trinajstić information content (AvgIpc) is 2.84. The number of nitro groups is 1. The first-order valence-electron chi connectivity index (χ1n) is 4.80. The zero-order valence-corrected chi connectivity index (χ0v) is 8.17. The minimum Gasteiger partial charge on any atom is -0.504 e. The fourth-order valence-corrected chi connectivity index (χ4v) is 2.15. The van der Waals surface area contributed by atoms with Crippen molar-refractivity contribution in [1.29, 1.82) is 0 Å². The second-order valence-electron chi connectivity index (χ2n) is 3.64. The smallest absolute Gasteiger partial charge is 0.281 e. The van der Waals surface area contributed by atoms with E-state index < -0.39 is 4.92 Å². The number of phenolic OH excluding ortho intramolecular Hbond substituents is 1. The number of phenols is 1. The van der Waals surface area contributed by atoms with Gasteiger partial charge in [-0.05, 0) is 0 Å². The van der Waals surface area contributed by atoms with Crippen LogP contribution in [0.2, 0.25) is 0 Å². The van der Waals surface area contributed by atoms with E-state index in [-0.39, 0.29) is 11.4 Å². The van der Waals surface area contributed by atoms with Gasteiger partial charge in [0, 0.05) is 25.3 Å². The van der Waals surface area contributed by atoms with Crippen molar-refractivity contribution >= 4 is 29.5 Å². The molecule has 0 aliphatic carbocycles. The maximum Gasteiger partial charge on any atom is 0.281 e. The Bertz CT molecular complexity index is 534. The first-order chi connectivity index (χ1) is 7.70. The molecule has 0 radical (unpaired) electrons. The molecule has 2 aliphatic rings. The molecule has 80 valence electrons. The molecule has 2 aliphatic heterocycles. The number of aliphatic imine (C=N–C) groups is 2. The Morgan fingerprint density at radius 3 is 2.12 bits per heavy atom. The molecule has 0 atom stereocenters. The van der Waals surface area contributed by atoms with Crippen LogP contribution in [0.1, 0.15) is 11.1 Å². The van der Waals surface area contributed by atoms with E-state index in [1.54, 1.807) is 12.4 Å². The summed E-state index contributed by atoms with van der Waals surface area (Å²) >= 11 is 0. The number of benzene rings is 1. The Morgan fingerprint density at radius 2 is 1.69 bits per heavy atom. The van der Waals surface area contributed by atoms with Crippen LogP contribution in [0, 0.1) is 10.1 Å². The third-order valence-corrected chi connectivity index (χ3v) is 2.81. The molecule has 1 aromatic rings. The molecule has 0 saturated carbocycles. The van der Waals surface area contributed by atoms with Crippen molar-refractivity contribution < 1.29 is 10.0 Å². The molecular weight excluding hydrogens is 210 g/mol. The highest BCUT2D eigenvalue weighted by atomic mass is 16.6. The first kappa shape index (κ1) is 9.02. The van der Waals surface area contributed by atoms with Crippen LogP contribution in [-0.2, 0) is 12.8 Å². The van der Waals surface area contributed by atoms with E-state index in [2.05, 4.69) is 9.98 Å². The summed E-state index contributed by atoms with van der Waals surface area (Å²) in [5.41, 5.74) is 1.63. The van der Waals surface area contributed by atoms with Gasteiger partial charge in [0.2, 0.25) is 0 Å². The highest BCUT2D eigenvalue weighted by Crippen LogP contribution is 2.50. The van der Waals surface area contributed by atoms with Gasteiger partial charge in [0.1, 0.15) is 11.4 Å². The van der Waals surface area contributed by atoms with Crippen molar-refractivity contribution in [2.45, 2.75) is 12.8 Å². The normalized spacial score (nSPS) is 15.2. The predicted octanol–water partition coefficient (Wildman–Crippen LogP) is 1.82. The monoisotopic (exact) mass is 217 g/mol. The zero-order valence-electron chi connectivity index (χ0n) is 8.17. The Morgan fingerprint density at radius 1 is 1.19 bits per heavy atom. The lowest BCUT2D eigenvalue weighted by Gasteiger charge is -2.07. The van der Waals surface area contributed by atoms with E-state index in [1.165, 1.54) is 0 Å². The topological polar surface area (TPSA) is 88.1 Å². The van der Waals surface area contributed by atoms with Crippen LogP contribution in [0.3, 0.4) is 0 Å². The Kier molecular flexibility index (Phi) is 1.62. The largest absolute Gasteiger partial charge is 0.504 e. The maximum absolute atomic E-state index is 11.0. The molecule has 0 spiro atoms. The van der Waals surface area contributed by atoms with Gasteiger partial charge in [0.15, 0.2) is 5.75 Å². The standard InChI is InChI=1S/C10H7N3O3/c14-10-7-5(1-3-11-7)9(13(15)16)6-2-4-12-8(6)10/h3-4,14H,1-2H2. The number of nitro benzene ring substituents is 1. The van der Waals surface area contributed by atoms with E-state index >= 15 is 0 Å². The van der Waals surface area contributed by atoms with Crippen LogP contribution in [0.15, 0.2) is 9.98 Å². The van der Waals surface area contributed by atoms with E-state index in [1.807, 2.05) is 0 Å². The highest BCUT2D eigenvalue weighted by molar-refractivity contribution is 5.93. The molecule has 16 heavy (non-hydrogen) atoms. The maximum atomic E-state index is 11.0. The molecule has 0 amide bonds. The van der Waals surface area contributed by atoms with Crippen LogP contribution >= 0.6 is 0 Å². The minimum absolute atomic E-state index is 0.0434. The second kappa shape index (κ2) is 2.88. The molecule has 1 aromatic carbocycles. The molecular formula is C10H7N3O3. The van der Waals surface area contributed by atoms with Crippen molar-refractivity contribution in [3.8, 4) is 5.75 Å². The minimum atomic E-state index is -0.416. The SMILES string of the molecule is O=[N+]([O-])c1c2c(c(O)c3c1CC=N3)N=CC2. The third kappa shape index (κ3) is 0.955.